The fourth-order valence-electron chi connectivity index (χ4n) is 2.32. The van der Waals surface area contributed by atoms with E-state index >= 15 is 0 Å². The molecule has 1 aromatic carbocycles. The van der Waals surface area contributed by atoms with Gasteiger partial charge >= 0.3 is 0 Å². The van der Waals surface area contributed by atoms with Gasteiger partial charge in [0.1, 0.15) is 0 Å². The second-order valence-electron chi connectivity index (χ2n) is 5.04. The summed E-state index contributed by atoms with van der Waals surface area (Å²) in [6, 6.07) is 5.96. The van der Waals surface area contributed by atoms with Crippen molar-refractivity contribution >= 4 is 21.6 Å². The van der Waals surface area contributed by atoms with Crippen molar-refractivity contribution in [1.29, 1.82) is 0 Å². The standard InChI is InChI=1S/C13H19N3O3S/c14-20(18,19)12-5-1-4-11(8-12)16-13(17)7-10-3-2-6-15-9-10/h1,4-5,8,10,15H,2-3,6-7,9H2,(H,16,17)(H2,14,18,19). The van der Waals surface area contributed by atoms with E-state index in [9.17, 15) is 13.2 Å². The number of sulfonamides is 1. The molecule has 6 nitrogen and oxygen atoms in total. The van der Waals surface area contributed by atoms with E-state index in [1.165, 1.54) is 12.1 Å². The number of piperidine rings is 1. The van der Waals surface area contributed by atoms with E-state index in [1.54, 1.807) is 12.1 Å². The van der Waals surface area contributed by atoms with Crippen molar-refractivity contribution < 1.29 is 13.2 Å². The summed E-state index contributed by atoms with van der Waals surface area (Å²) < 4.78 is 22.5. The summed E-state index contributed by atoms with van der Waals surface area (Å²) in [7, 11) is -3.75. The summed E-state index contributed by atoms with van der Waals surface area (Å²) in [6.07, 6.45) is 2.56. The number of nitrogens with two attached hydrogens (primary N) is 1. The number of hydrogen-bond donors (Lipinski definition) is 3. The van der Waals surface area contributed by atoms with Crippen LogP contribution in [0.1, 0.15) is 19.3 Å². The third-order valence-electron chi connectivity index (χ3n) is 3.32. The molecule has 0 aliphatic carbocycles. The lowest BCUT2D eigenvalue weighted by Crippen LogP contribution is -2.32. The van der Waals surface area contributed by atoms with Gasteiger partial charge in [0, 0.05) is 12.1 Å². The quantitative estimate of drug-likeness (QED) is 0.760. The van der Waals surface area contributed by atoms with Gasteiger partial charge in [0.25, 0.3) is 0 Å². The molecule has 20 heavy (non-hydrogen) atoms. The molecule has 1 unspecified atom stereocenters. The lowest BCUT2D eigenvalue weighted by Gasteiger charge is -2.22. The van der Waals surface area contributed by atoms with Gasteiger partial charge in [0.2, 0.25) is 15.9 Å². The highest BCUT2D eigenvalue weighted by Crippen LogP contribution is 2.17. The predicted octanol–water partition coefficient (Wildman–Crippen LogP) is 0.662. The van der Waals surface area contributed by atoms with Gasteiger partial charge in [-0.3, -0.25) is 4.79 Å². The first-order valence-electron chi connectivity index (χ1n) is 6.58. The molecule has 2 rings (SSSR count). The molecule has 7 heteroatoms. The maximum absolute atomic E-state index is 11.9. The van der Waals surface area contributed by atoms with Gasteiger partial charge in [-0.15, -0.1) is 0 Å². The Labute approximate surface area is 118 Å². The van der Waals surface area contributed by atoms with Crippen LogP contribution < -0.4 is 15.8 Å². The maximum atomic E-state index is 11.9. The Hall–Kier alpha value is -1.44. The van der Waals surface area contributed by atoms with Gasteiger partial charge < -0.3 is 10.6 Å². The van der Waals surface area contributed by atoms with E-state index in [0.29, 0.717) is 18.0 Å². The molecule has 110 valence electrons. The largest absolute Gasteiger partial charge is 0.326 e. The molecule has 1 atom stereocenters. The van der Waals surface area contributed by atoms with E-state index in [-0.39, 0.29) is 10.8 Å². The molecule has 0 aromatic heterocycles. The Balaban J connectivity index is 1.97. The lowest BCUT2D eigenvalue weighted by molar-refractivity contribution is -0.117. The fourth-order valence-corrected chi connectivity index (χ4v) is 2.88. The molecule has 4 N–H and O–H groups in total. The Bertz CT molecular complexity index is 580. The number of amides is 1. The van der Waals surface area contributed by atoms with Crippen LogP contribution in [-0.4, -0.2) is 27.4 Å². The smallest absolute Gasteiger partial charge is 0.238 e. The Morgan fingerprint density at radius 2 is 2.25 bits per heavy atom. The van der Waals surface area contributed by atoms with Gasteiger partial charge in [-0.2, -0.15) is 0 Å². The first kappa shape index (κ1) is 15.0. The van der Waals surface area contributed by atoms with E-state index in [1.807, 2.05) is 0 Å². The molecule has 1 aliphatic heterocycles. The Morgan fingerprint density at radius 1 is 1.45 bits per heavy atom. The minimum Gasteiger partial charge on any atom is -0.326 e. The number of benzene rings is 1. The number of hydrogen-bond acceptors (Lipinski definition) is 4. The molecular formula is C13H19N3O3S. The third-order valence-corrected chi connectivity index (χ3v) is 4.23. The van der Waals surface area contributed by atoms with Crippen LogP contribution in [0.2, 0.25) is 0 Å². The minimum atomic E-state index is -3.75. The zero-order valence-corrected chi connectivity index (χ0v) is 11.9. The van der Waals surface area contributed by atoms with Crippen molar-refractivity contribution in [2.24, 2.45) is 11.1 Å². The normalized spacial score (nSPS) is 19.6. The van der Waals surface area contributed by atoms with Crippen LogP contribution >= 0.6 is 0 Å². The number of nitrogens with one attached hydrogen (secondary N) is 2. The second-order valence-corrected chi connectivity index (χ2v) is 6.60. The van der Waals surface area contributed by atoms with Gasteiger partial charge in [-0.1, -0.05) is 6.07 Å². The monoisotopic (exact) mass is 297 g/mol. The molecule has 0 bridgehead atoms. The van der Waals surface area contributed by atoms with E-state index < -0.39 is 10.0 Å². The van der Waals surface area contributed by atoms with Crippen LogP contribution in [0.15, 0.2) is 29.2 Å². The number of rotatable bonds is 4. The molecule has 1 heterocycles. The molecule has 1 aromatic rings. The molecular weight excluding hydrogens is 278 g/mol. The van der Waals surface area contributed by atoms with Crippen LogP contribution in [0.5, 0.6) is 0 Å². The summed E-state index contributed by atoms with van der Waals surface area (Å²) in [4.78, 5) is 11.9. The summed E-state index contributed by atoms with van der Waals surface area (Å²) in [5.41, 5.74) is 0.449. The van der Waals surface area contributed by atoms with E-state index in [4.69, 9.17) is 5.14 Å². The van der Waals surface area contributed by atoms with Crippen LogP contribution in [0.3, 0.4) is 0 Å². The van der Waals surface area contributed by atoms with Gasteiger partial charge in [0.05, 0.1) is 4.90 Å². The number of carbonyl (C=O) groups is 1. The number of primary sulfonamides is 1. The zero-order chi connectivity index (χ0) is 14.6. The van der Waals surface area contributed by atoms with Crippen molar-refractivity contribution in [2.75, 3.05) is 18.4 Å². The molecule has 1 amide bonds. The summed E-state index contributed by atoms with van der Waals surface area (Å²) in [5.74, 6) is 0.232. The summed E-state index contributed by atoms with van der Waals surface area (Å²) in [5, 5.41) is 11.0. The maximum Gasteiger partial charge on any atom is 0.238 e. The zero-order valence-electron chi connectivity index (χ0n) is 11.1. The van der Waals surface area contributed by atoms with Crippen molar-refractivity contribution in [1.82, 2.24) is 5.32 Å². The minimum absolute atomic E-state index is 0.00497. The van der Waals surface area contributed by atoms with Crippen molar-refractivity contribution in [3.05, 3.63) is 24.3 Å². The van der Waals surface area contributed by atoms with Crippen molar-refractivity contribution in [3.8, 4) is 0 Å². The van der Waals surface area contributed by atoms with Crippen LogP contribution in [0, 0.1) is 5.92 Å². The van der Waals surface area contributed by atoms with Gasteiger partial charge in [0.15, 0.2) is 0 Å². The van der Waals surface area contributed by atoms with Crippen LogP contribution in [0.4, 0.5) is 5.69 Å². The van der Waals surface area contributed by atoms with Crippen LogP contribution in [0.25, 0.3) is 0 Å². The topological polar surface area (TPSA) is 101 Å². The highest BCUT2D eigenvalue weighted by atomic mass is 32.2. The van der Waals surface area contributed by atoms with Crippen molar-refractivity contribution in [3.63, 3.8) is 0 Å². The average Bonchev–Trinajstić information content (AvgIpc) is 2.39. The molecule has 0 saturated carbocycles. The second kappa shape index (κ2) is 6.34. The molecule has 0 spiro atoms. The Morgan fingerprint density at radius 3 is 2.90 bits per heavy atom. The first-order chi connectivity index (χ1) is 9.45. The first-order valence-corrected chi connectivity index (χ1v) is 8.13. The molecule has 0 radical (unpaired) electrons. The van der Waals surface area contributed by atoms with E-state index in [0.717, 1.165) is 25.9 Å². The molecule has 1 aliphatic rings. The fraction of sp³-hybridized carbons (Fsp3) is 0.462. The third kappa shape index (κ3) is 4.29. The SMILES string of the molecule is NS(=O)(=O)c1cccc(NC(=O)CC2CCCNC2)c1. The predicted molar refractivity (Wildman–Crippen MR) is 76.7 cm³/mol. The number of anilines is 1. The Kier molecular flexibility index (Phi) is 4.74. The van der Waals surface area contributed by atoms with Crippen LogP contribution in [-0.2, 0) is 14.8 Å². The molecule has 1 fully saturated rings. The van der Waals surface area contributed by atoms with Gasteiger partial charge in [-0.05, 0) is 50.0 Å². The summed E-state index contributed by atoms with van der Waals surface area (Å²) in [6.45, 7) is 1.86. The summed E-state index contributed by atoms with van der Waals surface area (Å²) >= 11 is 0. The average molecular weight is 297 g/mol. The van der Waals surface area contributed by atoms with Gasteiger partial charge in [-0.25, -0.2) is 13.6 Å². The lowest BCUT2D eigenvalue weighted by atomic mass is 9.96. The highest BCUT2D eigenvalue weighted by molar-refractivity contribution is 7.89. The molecule has 1 saturated heterocycles. The highest BCUT2D eigenvalue weighted by Gasteiger charge is 2.17. The van der Waals surface area contributed by atoms with E-state index in [2.05, 4.69) is 10.6 Å². The van der Waals surface area contributed by atoms with Crippen molar-refractivity contribution in [2.45, 2.75) is 24.2 Å². The number of carbonyl (C=O) groups excluding carboxylic acids is 1.